The van der Waals surface area contributed by atoms with Gasteiger partial charge in [0.15, 0.2) is 39.5 Å². The maximum Gasteiger partial charge on any atom is 0.245 e. The number of carbonyl (C=O) groups is 3. The van der Waals surface area contributed by atoms with E-state index in [9.17, 15) is 14.4 Å². The summed E-state index contributed by atoms with van der Waals surface area (Å²) >= 11 is 0. The summed E-state index contributed by atoms with van der Waals surface area (Å²) in [6, 6.07) is 0.110. The Morgan fingerprint density at radius 1 is 0.882 bits per heavy atom. The maximum atomic E-state index is 14.2. The van der Waals surface area contributed by atoms with Gasteiger partial charge in [0.2, 0.25) is 17.6 Å². The van der Waals surface area contributed by atoms with Crippen molar-refractivity contribution < 1.29 is 42.2 Å². The van der Waals surface area contributed by atoms with Crippen molar-refractivity contribution in [2.75, 3.05) is 41.2 Å². The minimum Gasteiger partial charge on any atom is -0.493 e. The van der Waals surface area contributed by atoms with Crippen molar-refractivity contribution in [1.29, 1.82) is 0 Å². The zero-order valence-corrected chi connectivity index (χ0v) is 36.0. The second kappa shape index (κ2) is 16.3. The predicted molar refractivity (Wildman–Crippen MR) is 205 cm³/mol. The zero-order valence-electron chi connectivity index (χ0n) is 34.0. The first-order chi connectivity index (χ1) is 23.4. The summed E-state index contributed by atoms with van der Waals surface area (Å²) in [5.41, 5.74) is 0.835. The number of hydrogen-bond acceptors (Lipinski definition) is 9. The van der Waals surface area contributed by atoms with Gasteiger partial charge < -0.3 is 38.4 Å². The Bertz CT molecular complexity index is 1410. The number of carbonyl (C=O) groups excluding carboxylic acids is 3. The molecule has 1 aromatic carbocycles. The van der Waals surface area contributed by atoms with Crippen LogP contribution in [0.5, 0.6) is 17.2 Å². The van der Waals surface area contributed by atoms with Crippen molar-refractivity contribution in [1.82, 2.24) is 10.6 Å². The number of epoxide rings is 1. The molecule has 1 saturated heterocycles. The topological polar surface area (TPSA) is 134 Å². The second-order valence-corrected chi connectivity index (χ2v) is 27.4. The first kappa shape index (κ1) is 43.0. The Balaban J connectivity index is 1.87. The molecule has 4 atom stereocenters. The fraction of sp³-hybridized carbons (Fsp3) is 0.763. The molecule has 0 bridgehead atoms. The molecule has 2 aliphatic rings. The van der Waals surface area contributed by atoms with Crippen LogP contribution >= 0.6 is 0 Å². The number of amides is 2. The lowest BCUT2D eigenvalue weighted by atomic mass is 9.82. The molecule has 1 heterocycles. The molecule has 2 unspecified atom stereocenters. The van der Waals surface area contributed by atoms with Gasteiger partial charge in [-0.3, -0.25) is 14.4 Å². The third kappa shape index (κ3) is 10.2. The Morgan fingerprint density at radius 3 is 1.94 bits per heavy atom. The van der Waals surface area contributed by atoms with Crippen LogP contribution in [0, 0.1) is 11.8 Å². The number of methoxy groups -OCH3 is 3. The fourth-order valence-electron chi connectivity index (χ4n) is 5.79. The average molecular weight is 751 g/mol. The van der Waals surface area contributed by atoms with E-state index in [0.29, 0.717) is 42.9 Å². The molecule has 1 aliphatic carbocycles. The number of fused-ring (bicyclic) bond motifs is 1. The molecule has 0 aromatic heterocycles. The molecule has 2 amide bonds. The Labute approximate surface area is 308 Å². The Kier molecular flexibility index (Phi) is 13.7. The largest absolute Gasteiger partial charge is 0.493 e. The van der Waals surface area contributed by atoms with E-state index in [1.54, 1.807) is 21.3 Å². The van der Waals surface area contributed by atoms with Gasteiger partial charge in [0.1, 0.15) is 6.04 Å². The van der Waals surface area contributed by atoms with Crippen LogP contribution in [0.15, 0.2) is 6.07 Å². The van der Waals surface area contributed by atoms with Gasteiger partial charge >= 0.3 is 0 Å². The van der Waals surface area contributed by atoms with E-state index in [-0.39, 0.29) is 47.5 Å². The monoisotopic (exact) mass is 750 g/mol. The molecule has 1 aliphatic heterocycles. The lowest BCUT2D eigenvalue weighted by Crippen LogP contribution is -2.58. The molecule has 2 N–H and O–H groups in total. The lowest BCUT2D eigenvalue weighted by molar-refractivity contribution is -0.135. The van der Waals surface area contributed by atoms with Gasteiger partial charge in [0, 0.05) is 11.5 Å². The molecule has 11 nitrogen and oxygen atoms in total. The number of ether oxygens (including phenoxy) is 4. The minimum atomic E-state index is -2.31. The van der Waals surface area contributed by atoms with Gasteiger partial charge in [-0.2, -0.15) is 0 Å². The molecule has 51 heavy (non-hydrogen) atoms. The number of Topliss-reactive ketones (excluding diaryl/α,β-unsaturated/α-hetero) is 1. The standard InChI is InChI=1S/C38H66N2O9Si2/c1-24(2)18-28(33(41)38(22-47-38)23-49-51(14,15)37(6,7)8)39-35(43)29(21-48-50(12,13)36(3,4)5)40-34(42)26-17-16-25-20-30(44-9)32(46-11)31(45-10)27(25)19-26/h20,24,26,28-29H,16-19,21-23H2,1-15H3,(H,39,43)(H,40,42)/t26?,28?,29-,38-/m0/s1. The third-order valence-electron chi connectivity index (χ3n) is 11.4. The smallest absolute Gasteiger partial charge is 0.245 e. The maximum absolute atomic E-state index is 14.2. The van der Waals surface area contributed by atoms with Crippen molar-refractivity contribution in [2.45, 2.75) is 135 Å². The Hall–Kier alpha value is -2.46. The van der Waals surface area contributed by atoms with Crippen LogP contribution in [-0.2, 0) is 40.8 Å². The number of nitrogens with one attached hydrogen (secondary N) is 2. The highest BCUT2D eigenvalue weighted by molar-refractivity contribution is 6.74. The van der Waals surface area contributed by atoms with Crippen LogP contribution in [-0.4, -0.2) is 93.1 Å². The normalized spacial score (nSPS) is 20.6. The first-order valence-electron chi connectivity index (χ1n) is 18.3. The van der Waals surface area contributed by atoms with Gasteiger partial charge in [-0.15, -0.1) is 0 Å². The van der Waals surface area contributed by atoms with E-state index in [2.05, 4.69) is 78.4 Å². The van der Waals surface area contributed by atoms with E-state index in [4.69, 9.17) is 27.8 Å². The summed E-state index contributed by atoms with van der Waals surface area (Å²) in [6.07, 6.45) is 2.04. The van der Waals surface area contributed by atoms with Crippen molar-refractivity contribution in [3.05, 3.63) is 17.2 Å². The highest BCUT2D eigenvalue weighted by atomic mass is 28.4. The van der Waals surface area contributed by atoms with E-state index in [0.717, 1.165) is 11.1 Å². The van der Waals surface area contributed by atoms with Crippen LogP contribution in [0.3, 0.4) is 0 Å². The number of ketones is 1. The fourth-order valence-corrected chi connectivity index (χ4v) is 7.83. The van der Waals surface area contributed by atoms with Crippen molar-refractivity contribution in [3.63, 3.8) is 0 Å². The predicted octanol–water partition coefficient (Wildman–Crippen LogP) is 6.21. The van der Waals surface area contributed by atoms with Crippen molar-refractivity contribution >= 4 is 34.2 Å². The second-order valence-electron chi connectivity index (χ2n) is 17.7. The van der Waals surface area contributed by atoms with Gasteiger partial charge in [-0.1, -0.05) is 55.4 Å². The van der Waals surface area contributed by atoms with Crippen LogP contribution in [0.25, 0.3) is 0 Å². The summed E-state index contributed by atoms with van der Waals surface area (Å²) in [7, 11) is 0.250. The van der Waals surface area contributed by atoms with Crippen molar-refractivity contribution in [3.8, 4) is 17.2 Å². The summed E-state index contributed by atoms with van der Waals surface area (Å²) in [6.45, 7) is 25.8. The minimum absolute atomic E-state index is 0.00949. The molecule has 13 heteroatoms. The highest BCUT2D eigenvalue weighted by Gasteiger charge is 2.56. The number of benzene rings is 1. The average Bonchev–Trinajstić information content (AvgIpc) is 3.83. The molecule has 0 radical (unpaired) electrons. The lowest BCUT2D eigenvalue weighted by Gasteiger charge is -2.38. The number of aryl methyl sites for hydroxylation is 1. The van der Waals surface area contributed by atoms with Gasteiger partial charge in [0.25, 0.3) is 0 Å². The van der Waals surface area contributed by atoms with Gasteiger partial charge in [-0.25, -0.2) is 0 Å². The molecule has 3 rings (SSSR count). The van der Waals surface area contributed by atoms with Gasteiger partial charge in [0.05, 0.1) is 47.2 Å². The quantitative estimate of drug-likeness (QED) is 0.141. The Morgan fingerprint density at radius 2 is 1.45 bits per heavy atom. The van der Waals surface area contributed by atoms with Crippen LogP contribution in [0.1, 0.15) is 79.4 Å². The molecule has 290 valence electrons. The molecule has 1 fully saturated rings. The summed E-state index contributed by atoms with van der Waals surface area (Å²) in [4.78, 5) is 42.4. The molecule has 0 spiro atoms. The van der Waals surface area contributed by atoms with E-state index in [1.165, 1.54) is 0 Å². The van der Waals surface area contributed by atoms with Crippen LogP contribution in [0.4, 0.5) is 0 Å². The molecule has 0 saturated carbocycles. The van der Waals surface area contributed by atoms with E-state index in [1.807, 2.05) is 19.9 Å². The summed E-state index contributed by atoms with van der Waals surface area (Å²) in [5, 5.41) is 5.91. The zero-order chi connectivity index (χ0) is 38.7. The van der Waals surface area contributed by atoms with Crippen molar-refractivity contribution in [2.24, 2.45) is 11.8 Å². The van der Waals surface area contributed by atoms with E-state index >= 15 is 0 Å². The summed E-state index contributed by atoms with van der Waals surface area (Å²) in [5.74, 6) is 0.383. The first-order valence-corrected chi connectivity index (χ1v) is 24.1. The van der Waals surface area contributed by atoms with Crippen LogP contribution < -0.4 is 24.8 Å². The summed E-state index contributed by atoms with van der Waals surface area (Å²) < 4.78 is 35.6. The number of hydrogen-bond donors (Lipinski definition) is 2. The van der Waals surface area contributed by atoms with Gasteiger partial charge in [-0.05, 0) is 79.5 Å². The third-order valence-corrected chi connectivity index (χ3v) is 20.4. The number of rotatable bonds is 17. The van der Waals surface area contributed by atoms with Crippen LogP contribution in [0.2, 0.25) is 36.3 Å². The van der Waals surface area contributed by atoms with E-state index < -0.39 is 46.1 Å². The molecular formula is C38H66N2O9Si2. The SMILES string of the molecule is COc1cc2c(c(OC)c1OC)CC(C(=O)N[C@@H](CO[Si](C)(C)C(C)(C)C)C(=O)NC(CC(C)C)C(=O)[C@@]1(CO[Si](C)(C)C(C)(C)C)CO1)CC2. The molecular weight excluding hydrogens is 685 g/mol. The molecule has 1 aromatic rings. The highest BCUT2D eigenvalue weighted by Crippen LogP contribution is 2.45.